The lowest BCUT2D eigenvalue weighted by molar-refractivity contribution is 0.0287. The number of hydrogen-bond donors (Lipinski definition) is 2. The lowest BCUT2D eigenvalue weighted by atomic mass is 10.0. The van der Waals surface area contributed by atoms with Gasteiger partial charge in [0.25, 0.3) is 0 Å². The van der Waals surface area contributed by atoms with Crippen LogP contribution in [-0.2, 0) is 10.3 Å². The van der Waals surface area contributed by atoms with Gasteiger partial charge in [-0.15, -0.1) is 11.3 Å². The molecular formula is C16H26N2O3S. The van der Waals surface area contributed by atoms with Gasteiger partial charge < -0.3 is 20.1 Å². The van der Waals surface area contributed by atoms with E-state index in [1.807, 2.05) is 45.2 Å². The van der Waals surface area contributed by atoms with Crippen LogP contribution in [0.15, 0.2) is 17.5 Å². The summed E-state index contributed by atoms with van der Waals surface area (Å²) in [6, 6.07) is 4.07. The van der Waals surface area contributed by atoms with E-state index < -0.39 is 11.2 Å². The zero-order chi connectivity index (χ0) is 16.4. The molecule has 1 aromatic heterocycles. The quantitative estimate of drug-likeness (QED) is 0.893. The van der Waals surface area contributed by atoms with E-state index in [1.54, 1.807) is 16.2 Å². The van der Waals surface area contributed by atoms with Crippen molar-refractivity contribution in [2.75, 3.05) is 19.6 Å². The zero-order valence-corrected chi connectivity index (χ0v) is 14.6. The number of rotatable bonds is 4. The molecule has 2 N–H and O–H groups in total. The molecule has 0 saturated carbocycles. The molecule has 0 unspecified atom stereocenters. The Bertz CT molecular complexity index is 494. The number of nitrogens with one attached hydrogen (secondary N) is 1. The van der Waals surface area contributed by atoms with Crippen molar-refractivity contribution >= 4 is 17.4 Å². The van der Waals surface area contributed by atoms with Crippen molar-refractivity contribution in [2.24, 2.45) is 0 Å². The van der Waals surface area contributed by atoms with Gasteiger partial charge in [0.2, 0.25) is 0 Å². The van der Waals surface area contributed by atoms with Crippen LogP contribution in [0, 0.1) is 0 Å². The molecule has 2 rings (SSSR count). The molecule has 124 valence electrons. The van der Waals surface area contributed by atoms with Gasteiger partial charge in [0, 0.05) is 30.6 Å². The topological polar surface area (TPSA) is 61.8 Å². The average Bonchev–Trinajstić information content (AvgIpc) is 3.06. The number of ether oxygens (including phenoxy) is 1. The highest BCUT2D eigenvalue weighted by Gasteiger charge is 2.31. The summed E-state index contributed by atoms with van der Waals surface area (Å²) in [4.78, 5) is 14.7. The minimum atomic E-state index is -0.881. The first-order valence-corrected chi connectivity index (χ1v) is 8.53. The Hall–Kier alpha value is -1.11. The van der Waals surface area contributed by atoms with Gasteiger partial charge in [0.1, 0.15) is 11.2 Å². The van der Waals surface area contributed by atoms with Crippen molar-refractivity contribution in [3.63, 3.8) is 0 Å². The second-order valence-electron chi connectivity index (χ2n) is 7.04. The maximum absolute atomic E-state index is 12.0. The van der Waals surface area contributed by atoms with Gasteiger partial charge in [0.05, 0.1) is 0 Å². The molecule has 0 aliphatic carbocycles. The molecule has 0 bridgehead atoms. The molecule has 6 heteroatoms. The lowest BCUT2D eigenvalue weighted by Crippen LogP contribution is -2.43. The fourth-order valence-corrected chi connectivity index (χ4v) is 3.22. The van der Waals surface area contributed by atoms with E-state index >= 15 is 0 Å². The number of hydrogen-bond acceptors (Lipinski definition) is 5. The summed E-state index contributed by atoms with van der Waals surface area (Å²) in [5.74, 6) is 0. The maximum atomic E-state index is 12.0. The fourth-order valence-electron chi connectivity index (χ4n) is 2.43. The van der Waals surface area contributed by atoms with Crippen LogP contribution in [0.5, 0.6) is 0 Å². The minimum Gasteiger partial charge on any atom is -0.444 e. The van der Waals surface area contributed by atoms with E-state index in [0.29, 0.717) is 19.6 Å². The number of carbonyl (C=O) groups excluding carboxylic acids is 1. The third-order valence-electron chi connectivity index (χ3n) is 3.63. The number of carbonyl (C=O) groups is 1. The second kappa shape index (κ2) is 6.56. The molecule has 22 heavy (non-hydrogen) atoms. The molecule has 1 fully saturated rings. The molecule has 1 aliphatic heterocycles. The summed E-state index contributed by atoms with van der Waals surface area (Å²) in [6.45, 7) is 9.20. The third-order valence-corrected chi connectivity index (χ3v) is 4.75. The van der Waals surface area contributed by atoms with Gasteiger partial charge in [-0.25, -0.2) is 4.79 Å². The van der Waals surface area contributed by atoms with Gasteiger partial charge in [-0.3, -0.25) is 0 Å². The van der Waals surface area contributed by atoms with E-state index in [4.69, 9.17) is 4.74 Å². The Morgan fingerprint density at radius 1 is 1.50 bits per heavy atom. The van der Waals surface area contributed by atoms with E-state index in [2.05, 4.69) is 5.32 Å². The minimum absolute atomic E-state index is 0.193. The van der Waals surface area contributed by atoms with E-state index in [0.717, 1.165) is 11.3 Å². The SMILES string of the molecule is CC(C)(C)OC(=O)N1CC[C@H](NC[C@](C)(O)c2cccs2)C1. The van der Waals surface area contributed by atoms with Crippen LogP contribution in [0.3, 0.4) is 0 Å². The molecule has 0 radical (unpaired) electrons. The standard InChI is InChI=1S/C16H26N2O3S/c1-15(2,3)21-14(19)18-8-7-12(10-18)17-11-16(4,20)13-6-5-9-22-13/h5-6,9,12,17,20H,7-8,10-11H2,1-4H3/t12-,16-/m0/s1. The molecule has 0 spiro atoms. The summed E-state index contributed by atoms with van der Waals surface area (Å²) in [5.41, 5.74) is -1.35. The Morgan fingerprint density at radius 3 is 2.82 bits per heavy atom. The highest BCUT2D eigenvalue weighted by atomic mass is 32.1. The first-order chi connectivity index (χ1) is 10.2. The van der Waals surface area contributed by atoms with E-state index in [1.165, 1.54) is 0 Å². The first kappa shape index (κ1) is 17.2. The van der Waals surface area contributed by atoms with Gasteiger partial charge in [-0.1, -0.05) is 6.07 Å². The highest BCUT2D eigenvalue weighted by Crippen LogP contribution is 2.25. The predicted octanol–water partition coefficient (Wildman–Crippen LogP) is 2.55. The van der Waals surface area contributed by atoms with E-state index in [-0.39, 0.29) is 12.1 Å². The fraction of sp³-hybridized carbons (Fsp3) is 0.688. The van der Waals surface area contributed by atoms with Crippen LogP contribution in [0.4, 0.5) is 4.79 Å². The number of nitrogens with zero attached hydrogens (tertiary/aromatic N) is 1. The first-order valence-electron chi connectivity index (χ1n) is 7.65. The Balaban J connectivity index is 1.80. The van der Waals surface area contributed by atoms with Gasteiger partial charge in [0.15, 0.2) is 0 Å². The lowest BCUT2D eigenvalue weighted by Gasteiger charge is -2.26. The number of aliphatic hydroxyl groups is 1. The van der Waals surface area contributed by atoms with Crippen LogP contribution in [0.1, 0.15) is 39.0 Å². The van der Waals surface area contributed by atoms with Crippen LogP contribution < -0.4 is 5.32 Å². The number of likely N-dealkylation sites (tertiary alicyclic amines) is 1. The van der Waals surface area contributed by atoms with Crippen LogP contribution in [-0.4, -0.2) is 47.4 Å². The van der Waals surface area contributed by atoms with Crippen LogP contribution >= 0.6 is 11.3 Å². The molecule has 1 aromatic rings. The number of amides is 1. The molecular weight excluding hydrogens is 300 g/mol. The molecule has 2 atom stereocenters. The summed E-state index contributed by atoms with van der Waals surface area (Å²) < 4.78 is 5.39. The summed E-state index contributed by atoms with van der Waals surface area (Å²) >= 11 is 1.55. The molecule has 2 heterocycles. The van der Waals surface area contributed by atoms with Crippen molar-refractivity contribution < 1.29 is 14.6 Å². The summed E-state index contributed by atoms with van der Waals surface area (Å²) in [6.07, 6.45) is 0.613. The molecule has 5 nitrogen and oxygen atoms in total. The van der Waals surface area contributed by atoms with Gasteiger partial charge >= 0.3 is 6.09 Å². The Labute approximate surface area is 136 Å². The normalized spacial score (nSPS) is 21.7. The average molecular weight is 326 g/mol. The maximum Gasteiger partial charge on any atom is 0.410 e. The highest BCUT2D eigenvalue weighted by molar-refractivity contribution is 7.10. The third kappa shape index (κ3) is 4.69. The van der Waals surface area contributed by atoms with Crippen molar-refractivity contribution in [2.45, 2.75) is 51.4 Å². The monoisotopic (exact) mass is 326 g/mol. The van der Waals surface area contributed by atoms with E-state index in [9.17, 15) is 9.90 Å². The molecule has 0 aromatic carbocycles. The van der Waals surface area contributed by atoms with Crippen molar-refractivity contribution in [3.8, 4) is 0 Å². The van der Waals surface area contributed by atoms with Gasteiger partial charge in [-0.2, -0.15) is 0 Å². The van der Waals surface area contributed by atoms with Crippen molar-refractivity contribution in [1.29, 1.82) is 0 Å². The van der Waals surface area contributed by atoms with Crippen molar-refractivity contribution in [1.82, 2.24) is 10.2 Å². The number of thiophene rings is 1. The molecule has 1 saturated heterocycles. The molecule has 1 amide bonds. The largest absolute Gasteiger partial charge is 0.444 e. The summed E-state index contributed by atoms with van der Waals surface area (Å²) in [5, 5.41) is 15.8. The Kier molecular flexibility index (Phi) is 5.14. The molecule has 1 aliphatic rings. The zero-order valence-electron chi connectivity index (χ0n) is 13.8. The van der Waals surface area contributed by atoms with Crippen LogP contribution in [0.2, 0.25) is 0 Å². The van der Waals surface area contributed by atoms with Crippen molar-refractivity contribution in [3.05, 3.63) is 22.4 Å². The smallest absolute Gasteiger partial charge is 0.410 e. The predicted molar refractivity (Wildman–Crippen MR) is 88.1 cm³/mol. The van der Waals surface area contributed by atoms with Gasteiger partial charge in [-0.05, 0) is 45.6 Å². The van der Waals surface area contributed by atoms with Crippen LogP contribution in [0.25, 0.3) is 0 Å². The Morgan fingerprint density at radius 2 is 2.23 bits per heavy atom. The summed E-state index contributed by atoms with van der Waals surface area (Å²) in [7, 11) is 0. The second-order valence-corrected chi connectivity index (χ2v) is 7.99.